The monoisotopic (exact) mass is 563 g/mol. The van der Waals surface area contributed by atoms with Gasteiger partial charge in [0.1, 0.15) is 5.60 Å². The maximum absolute atomic E-state index is 15.1. The highest BCUT2D eigenvalue weighted by atomic mass is 19.4. The molecule has 5 aliphatic rings. The van der Waals surface area contributed by atoms with Crippen LogP contribution in [0.4, 0.5) is 22.0 Å². The number of aliphatic hydroxyl groups is 1. The molecule has 0 bridgehead atoms. The van der Waals surface area contributed by atoms with Gasteiger partial charge in [0, 0.05) is 36.4 Å². The van der Waals surface area contributed by atoms with E-state index in [2.05, 4.69) is 0 Å². The molecule has 1 N–H and O–H groups in total. The van der Waals surface area contributed by atoms with Crippen molar-refractivity contribution < 1.29 is 36.6 Å². The summed E-state index contributed by atoms with van der Waals surface area (Å²) in [6, 6.07) is 6.98. The van der Waals surface area contributed by atoms with E-state index in [4.69, 9.17) is 0 Å². The van der Waals surface area contributed by atoms with Crippen LogP contribution in [-0.2, 0) is 4.79 Å². The van der Waals surface area contributed by atoms with Gasteiger partial charge in [-0.2, -0.15) is 22.0 Å². The number of ketones is 1. The van der Waals surface area contributed by atoms with Gasteiger partial charge in [-0.05, 0) is 98.1 Å². The molecule has 2 saturated carbocycles. The number of carbonyl (C=O) groups excluding carboxylic acids is 2. The topological polar surface area (TPSA) is 57.6 Å². The SMILES string of the molecule is CC12C[C@H](c3ccc(C(=O)N4CCCC4)cc3)C3=C4CCC(=O)C=C4CCC3[C@@H]1CC[C@@]2(O)C(F)(F)C(F)(F)F. The number of alkyl halides is 5. The van der Waals surface area contributed by atoms with Crippen molar-refractivity contribution in [2.24, 2.45) is 17.3 Å². The molecular formula is C31H34F5NO3. The van der Waals surface area contributed by atoms with E-state index in [-0.39, 0.29) is 30.4 Å². The predicted molar refractivity (Wildman–Crippen MR) is 138 cm³/mol. The highest BCUT2D eigenvalue weighted by Crippen LogP contribution is 2.70. The fraction of sp³-hybridized carbons (Fsp3) is 0.613. The fourth-order valence-corrected chi connectivity index (χ4v) is 8.68. The first-order chi connectivity index (χ1) is 18.8. The van der Waals surface area contributed by atoms with Gasteiger partial charge < -0.3 is 10.0 Å². The molecule has 1 aromatic carbocycles. The second kappa shape index (κ2) is 9.23. The van der Waals surface area contributed by atoms with Gasteiger partial charge in [-0.1, -0.05) is 24.6 Å². The Bertz CT molecular complexity index is 1290. The zero-order valence-corrected chi connectivity index (χ0v) is 22.5. The molecule has 6 rings (SSSR count). The van der Waals surface area contributed by atoms with Gasteiger partial charge in [-0.25, -0.2) is 0 Å². The molecule has 4 nitrogen and oxygen atoms in total. The number of carbonyl (C=O) groups is 2. The minimum Gasteiger partial charge on any atom is -0.383 e. The summed E-state index contributed by atoms with van der Waals surface area (Å²) in [5, 5.41) is 11.4. The minimum absolute atomic E-state index is 0.0415. The van der Waals surface area contributed by atoms with E-state index in [0.29, 0.717) is 44.3 Å². The van der Waals surface area contributed by atoms with Crippen molar-refractivity contribution in [3.8, 4) is 0 Å². The molecule has 1 amide bonds. The Kier molecular flexibility index (Phi) is 6.37. The molecular weight excluding hydrogens is 529 g/mol. The summed E-state index contributed by atoms with van der Waals surface area (Å²) in [4.78, 5) is 26.9. The van der Waals surface area contributed by atoms with Gasteiger partial charge in [0.15, 0.2) is 5.78 Å². The van der Waals surface area contributed by atoms with E-state index in [0.717, 1.165) is 35.1 Å². The maximum Gasteiger partial charge on any atom is 0.456 e. The summed E-state index contributed by atoms with van der Waals surface area (Å²) in [5.41, 5.74) is -0.709. The predicted octanol–water partition coefficient (Wildman–Crippen LogP) is 6.75. The molecule has 5 atom stereocenters. The summed E-state index contributed by atoms with van der Waals surface area (Å²) < 4.78 is 71.4. The molecule has 1 aromatic rings. The Morgan fingerprint density at radius 2 is 1.68 bits per heavy atom. The largest absolute Gasteiger partial charge is 0.456 e. The van der Waals surface area contributed by atoms with Crippen molar-refractivity contribution >= 4 is 11.7 Å². The molecule has 3 fully saturated rings. The first kappa shape index (κ1) is 27.6. The van der Waals surface area contributed by atoms with E-state index < -0.39 is 41.4 Å². The summed E-state index contributed by atoms with van der Waals surface area (Å²) in [7, 11) is 0. The number of hydrogen-bond donors (Lipinski definition) is 1. The van der Waals surface area contributed by atoms with Crippen LogP contribution in [0.5, 0.6) is 0 Å². The molecule has 0 aromatic heterocycles. The Morgan fingerprint density at radius 3 is 2.33 bits per heavy atom. The molecule has 4 aliphatic carbocycles. The Hall–Kier alpha value is -2.55. The summed E-state index contributed by atoms with van der Waals surface area (Å²) in [5.74, 6) is -6.62. The van der Waals surface area contributed by atoms with Crippen LogP contribution in [0.25, 0.3) is 0 Å². The first-order valence-corrected chi connectivity index (χ1v) is 14.3. The van der Waals surface area contributed by atoms with Gasteiger partial charge in [0.05, 0.1) is 0 Å². The van der Waals surface area contributed by atoms with E-state index in [1.807, 2.05) is 0 Å². The van der Waals surface area contributed by atoms with Crippen LogP contribution in [0.1, 0.15) is 86.6 Å². The van der Waals surface area contributed by atoms with Gasteiger partial charge in [-0.3, -0.25) is 9.59 Å². The van der Waals surface area contributed by atoms with Gasteiger partial charge >= 0.3 is 12.1 Å². The van der Waals surface area contributed by atoms with Crippen LogP contribution in [-0.4, -0.2) is 52.5 Å². The van der Waals surface area contributed by atoms with Crippen LogP contribution < -0.4 is 0 Å². The first-order valence-electron chi connectivity index (χ1n) is 14.3. The average Bonchev–Trinajstić information content (AvgIpc) is 3.54. The van der Waals surface area contributed by atoms with Crippen LogP contribution in [0, 0.1) is 17.3 Å². The number of amides is 1. The van der Waals surface area contributed by atoms with Gasteiger partial charge in [0.2, 0.25) is 0 Å². The highest BCUT2D eigenvalue weighted by Gasteiger charge is 2.79. The second-order valence-electron chi connectivity index (χ2n) is 12.6. The molecule has 9 heteroatoms. The van der Waals surface area contributed by atoms with Crippen LogP contribution in [0.2, 0.25) is 0 Å². The standard InChI is InChI=1S/C31H34F5NO3/c1-28-17-24(18-4-6-19(7-5-18)27(39)37-14-2-3-15-37)26-22-11-9-21(38)16-20(22)8-10-23(26)25(28)12-13-29(28,40)30(32,33)31(34,35)36/h4-7,16,23-25,40H,2-3,8-15,17H2,1H3/t23?,24-,25+,28?,29+/m1/s1. The third kappa shape index (κ3) is 3.86. The zero-order chi connectivity index (χ0) is 28.7. The molecule has 0 spiro atoms. The zero-order valence-electron chi connectivity index (χ0n) is 22.5. The van der Waals surface area contributed by atoms with Crippen LogP contribution in [0.15, 0.2) is 47.1 Å². The van der Waals surface area contributed by atoms with E-state index in [1.165, 1.54) is 6.92 Å². The third-order valence-corrected chi connectivity index (χ3v) is 10.7. The maximum atomic E-state index is 15.1. The third-order valence-electron chi connectivity index (χ3n) is 10.7. The number of fused-ring (bicyclic) bond motifs is 4. The number of hydrogen-bond acceptors (Lipinski definition) is 3. The lowest BCUT2D eigenvalue weighted by atomic mass is 9.50. The normalized spacial score (nSPS) is 34.4. The van der Waals surface area contributed by atoms with Gasteiger partial charge in [0.25, 0.3) is 5.91 Å². The van der Waals surface area contributed by atoms with Crippen molar-refractivity contribution in [1.29, 1.82) is 0 Å². The Morgan fingerprint density at radius 1 is 1.00 bits per heavy atom. The van der Waals surface area contributed by atoms with Crippen LogP contribution >= 0.6 is 0 Å². The number of benzene rings is 1. The van der Waals surface area contributed by atoms with Crippen LogP contribution in [0.3, 0.4) is 0 Å². The lowest BCUT2D eigenvalue weighted by Gasteiger charge is -2.56. The number of rotatable bonds is 3. The molecule has 0 radical (unpaired) electrons. The smallest absolute Gasteiger partial charge is 0.383 e. The minimum atomic E-state index is -5.88. The van der Waals surface area contributed by atoms with Gasteiger partial charge in [-0.15, -0.1) is 0 Å². The number of halogens is 5. The van der Waals surface area contributed by atoms with E-state index >= 15 is 8.78 Å². The number of nitrogens with zero attached hydrogens (tertiary/aromatic N) is 1. The molecule has 40 heavy (non-hydrogen) atoms. The second-order valence-corrected chi connectivity index (χ2v) is 12.6. The lowest BCUT2D eigenvalue weighted by Crippen LogP contribution is -2.65. The van der Waals surface area contributed by atoms with E-state index in [1.54, 1.807) is 35.2 Å². The average molecular weight is 564 g/mol. The quantitative estimate of drug-likeness (QED) is 0.414. The Balaban J connectivity index is 1.45. The van der Waals surface area contributed by atoms with Crippen molar-refractivity contribution in [3.63, 3.8) is 0 Å². The number of likely N-dealkylation sites (tertiary alicyclic amines) is 1. The van der Waals surface area contributed by atoms with Crippen molar-refractivity contribution in [1.82, 2.24) is 4.90 Å². The van der Waals surface area contributed by atoms with E-state index in [9.17, 15) is 27.9 Å². The molecule has 1 heterocycles. The van der Waals surface area contributed by atoms with Crippen molar-refractivity contribution in [3.05, 3.63) is 58.2 Å². The highest BCUT2D eigenvalue weighted by molar-refractivity contribution is 5.94. The number of allylic oxidation sites excluding steroid dienone is 4. The van der Waals surface area contributed by atoms with Crippen molar-refractivity contribution in [2.75, 3.05) is 13.1 Å². The Labute approximate surface area is 230 Å². The molecule has 1 saturated heterocycles. The molecule has 2 unspecified atom stereocenters. The summed E-state index contributed by atoms with van der Waals surface area (Å²) in [6.45, 7) is 2.81. The van der Waals surface area contributed by atoms with Crippen molar-refractivity contribution in [2.45, 2.75) is 88.3 Å². The summed E-state index contributed by atoms with van der Waals surface area (Å²) in [6.07, 6.45) is -0.985. The molecule has 216 valence electrons. The summed E-state index contributed by atoms with van der Waals surface area (Å²) >= 11 is 0. The lowest BCUT2D eigenvalue weighted by molar-refractivity contribution is -0.362. The fourth-order valence-electron chi connectivity index (χ4n) is 8.68. The molecule has 1 aliphatic heterocycles.